The molecule has 1 aliphatic heterocycles. The molecule has 1 aromatic carbocycles. The van der Waals surface area contributed by atoms with Gasteiger partial charge in [-0.2, -0.15) is 11.8 Å². The molecule has 5 nitrogen and oxygen atoms in total. The number of halogens is 2. The second-order valence-electron chi connectivity index (χ2n) is 6.58. The number of nitrogens with one attached hydrogen (secondary N) is 3. The highest BCUT2D eigenvalue weighted by Crippen LogP contribution is 2.15. The van der Waals surface area contributed by atoms with Gasteiger partial charge in [-0.3, -0.25) is 9.59 Å². The molecule has 0 radical (unpaired) electrons. The molecular weight excluding hydrogens is 405 g/mol. The number of piperidine rings is 1. The topological polar surface area (TPSA) is 70.2 Å². The molecule has 8 heteroatoms. The van der Waals surface area contributed by atoms with Gasteiger partial charge in [0.25, 0.3) is 5.91 Å². The van der Waals surface area contributed by atoms with Crippen LogP contribution in [0.5, 0.6) is 0 Å². The van der Waals surface area contributed by atoms with Gasteiger partial charge >= 0.3 is 0 Å². The summed E-state index contributed by atoms with van der Waals surface area (Å²) in [6.45, 7) is 2.76. The van der Waals surface area contributed by atoms with Crippen LogP contribution in [-0.4, -0.2) is 49.5 Å². The van der Waals surface area contributed by atoms with Gasteiger partial charge in [-0.15, -0.1) is 12.4 Å². The Morgan fingerprint density at radius 2 is 2.15 bits per heavy atom. The lowest BCUT2D eigenvalue weighted by Crippen LogP contribution is -2.47. The molecule has 0 aromatic heterocycles. The average molecular weight is 434 g/mol. The Bertz CT molecular complexity index is 598. The van der Waals surface area contributed by atoms with Gasteiger partial charge in [0.2, 0.25) is 5.91 Å². The van der Waals surface area contributed by atoms with Crippen molar-refractivity contribution in [2.75, 3.05) is 31.6 Å². The Morgan fingerprint density at radius 3 is 2.81 bits per heavy atom. The smallest absolute Gasteiger partial charge is 0.253 e. The minimum Gasteiger partial charge on any atom is -0.354 e. The second-order valence-corrected chi connectivity index (χ2v) is 7.97. The summed E-state index contributed by atoms with van der Waals surface area (Å²) in [4.78, 5) is 25.0. The summed E-state index contributed by atoms with van der Waals surface area (Å²) in [6, 6.07) is 6.33. The first-order chi connectivity index (χ1) is 12.6. The Morgan fingerprint density at radius 1 is 1.37 bits per heavy atom. The van der Waals surface area contributed by atoms with Crippen LogP contribution in [0.4, 0.5) is 0 Å². The largest absolute Gasteiger partial charge is 0.354 e. The molecule has 2 amide bonds. The molecule has 0 bridgehead atoms. The van der Waals surface area contributed by atoms with Crippen LogP contribution in [0.25, 0.3) is 0 Å². The molecule has 1 heterocycles. The van der Waals surface area contributed by atoms with Crippen molar-refractivity contribution < 1.29 is 9.59 Å². The van der Waals surface area contributed by atoms with E-state index in [9.17, 15) is 9.59 Å². The van der Waals surface area contributed by atoms with Crippen molar-refractivity contribution in [1.82, 2.24) is 16.0 Å². The van der Waals surface area contributed by atoms with E-state index in [0.29, 0.717) is 29.5 Å². The number of benzene rings is 1. The lowest BCUT2D eigenvalue weighted by molar-refractivity contribution is -0.123. The molecule has 1 aliphatic rings. The summed E-state index contributed by atoms with van der Waals surface area (Å²) < 4.78 is 0. The van der Waals surface area contributed by atoms with E-state index in [0.717, 1.165) is 25.3 Å². The SMILES string of the molecule is CSCCC(NC(=O)c1ccccc1Cl)C(=O)NCCC1CCCNC1.Cl. The summed E-state index contributed by atoms with van der Waals surface area (Å²) in [5.41, 5.74) is 0.393. The van der Waals surface area contributed by atoms with E-state index in [2.05, 4.69) is 16.0 Å². The molecule has 152 valence electrons. The van der Waals surface area contributed by atoms with Crippen molar-refractivity contribution in [3.63, 3.8) is 0 Å². The Hall–Kier alpha value is -0.950. The minimum atomic E-state index is -0.546. The van der Waals surface area contributed by atoms with Crippen LogP contribution < -0.4 is 16.0 Å². The number of hydrogen-bond donors (Lipinski definition) is 3. The first-order valence-corrected chi connectivity index (χ1v) is 10.9. The van der Waals surface area contributed by atoms with E-state index in [-0.39, 0.29) is 24.2 Å². The van der Waals surface area contributed by atoms with E-state index in [1.165, 1.54) is 12.8 Å². The number of rotatable bonds is 9. The third-order valence-electron chi connectivity index (χ3n) is 4.60. The zero-order chi connectivity index (χ0) is 18.8. The molecule has 27 heavy (non-hydrogen) atoms. The average Bonchev–Trinajstić information content (AvgIpc) is 2.66. The zero-order valence-electron chi connectivity index (χ0n) is 15.6. The van der Waals surface area contributed by atoms with E-state index >= 15 is 0 Å². The fraction of sp³-hybridized carbons (Fsp3) is 0.579. The predicted octanol–water partition coefficient (Wildman–Crippen LogP) is 3.12. The predicted molar refractivity (Wildman–Crippen MR) is 116 cm³/mol. The van der Waals surface area contributed by atoms with Crippen molar-refractivity contribution >= 4 is 47.6 Å². The van der Waals surface area contributed by atoms with Gasteiger partial charge in [0, 0.05) is 6.54 Å². The van der Waals surface area contributed by atoms with Crippen LogP contribution in [0.15, 0.2) is 24.3 Å². The lowest BCUT2D eigenvalue weighted by Gasteiger charge is -2.23. The molecule has 3 N–H and O–H groups in total. The molecule has 1 saturated heterocycles. The van der Waals surface area contributed by atoms with Crippen molar-refractivity contribution in [1.29, 1.82) is 0 Å². The summed E-state index contributed by atoms with van der Waals surface area (Å²) in [6.07, 6.45) is 5.95. The summed E-state index contributed by atoms with van der Waals surface area (Å²) in [5, 5.41) is 9.60. The third kappa shape index (κ3) is 8.30. The molecule has 1 fully saturated rings. The standard InChI is InChI=1S/C19H28ClN3O2S.ClH/c1-26-12-9-17(23-18(24)15-6-2-3-7-16(15)20)19(25)22-11-8-14-5-4-10-21-13-14;/h2-3,6-7,14,17,21H,4-5,8-13H2,1H3,(H,22,25)(H,23,24);1H. The molecule has 0 spiro atoms. The molecule has 0 aliphatic carbocycles. The first kappa shape index (κ1) is 24.1. The van der Waals surface area contributed by atoms with Gasteiger partial charge in [-0.1, -0.05) is 23.7 Å². The summed E-state index contributed by atoms with van der Waals surface area (Å²) >= 11 is 7.74. The monoisotopic (exact) mass is 433 g/mol. The van der Waals surface area contributed by atoms with Gasteiger partial charge in [-0.05, 0) is 68.8 Å². The van der Waals surface area contributed by atoms with Crippen LogP contribution >= 0.6 is 35.8 Å². The molecule has 2 atom stereocenters. The van der Waals surface area contributed by atoms with E-state index in [1.807, 2.05) is 6.26 Å². The molecule has 2 unspecified atom stereocenters. The number of thioether (sulfide) groups is 1. The maximum absolute atomic E-state index is 12.6. The highest BCUT2D eigenvalue weighted by molar-refractivity contribution is 7.98. The van der Waals surface area contributed by atoms with E-state index in [1.54, 1.807) is 36.0 Å². The number of carbonyl (C=O) groups is 2. The normalized spacial score (nSPS) is 17.5. The van der Waals surface area contributed by atoms with Crippen LogP contribution in [0.2, 0.25) is 5.02 Å². The molecule has 0 saturated carbocycles. The van der Waals surface area contributed by atoms with Gasteiger partial charge < -0.3 is 16.0 Å². The van der Waals surface area contributed by atoms with Crippen molar-refractivity contribution in [2.24, 2.45) is 5.92 Å². The van der Waals surface area contributed by atoms with Crippen molar-refractivity contribution in [3.05, 3.63) is 34.9 Å². The maximum atomic E-state index is 12.6. The Kier molecular flexibility index (Phi) is 11.8. The van der Waals surface area contributed by atoms with Crippen LogP contribution in [0.1, 0.15) is 36.0 Å². The highest BCUT2D eigenvalue weighted by atomic mass is 35.5. The Balaban J connectivity index is 0.00000364. The van der Waals surface area contributed by atoms with Gasteiger partial charge in [0.05, 0.1) is 10.6 Å². The highest BCUT2D eigenvalue weighted by Gasteiger charge is 2.22. The van der Waals surface area contributed by atoms with Gasteiger partial charge in [-0.25, -0.2) is 0 Å². The number of amides is 2. The molecular formula is C19H29Cl2N3O2S. The van der Waals surface area contributed by atoms with E-state index in [4.69, 9.17) is 11.6 Å². The minimum absolute atomic E-state index is 0. The van der Waals surface area contributed by atoms with Gasteiger partial charge in [0.1, 0.15) is 6.04 Å². The summed E-state index contributed by atoms with van der Waals surface area (Å²) in [5.74, 6) is 0.982. The van der Waals surface area contributed by atoms with Crippen molar-refractivity contribution in [3.8, 4) is 0 Å². The fourth-order valence-electron chi connectivity index (χ4n) is 3.08. The van der Waals surface area contributed by atoms with Crippen LogP contribution in [0.3, 0.4) is 0 Å². The van der Waals surface area contributed by atoms with Crippen molar-refractivity contribution in [2.45, 2.75) is 31.7 Å². The fourth-order valence-corrected chi connectivity index (χ4v) is 3.77. The maximum Gasteiger partial charge on any atom is 0.253 e. The summed E-state index contributed by atoms with van der Waals surface area (Å²) in [7, 11) is 0. The molecule has 1 aromatic rings. The zero-order valence-corrected chi connectivity index (χ0v) is 18.0. The van der Waals surface area contributed by atoms with Gasteiger partial charge in [0.15, 0.2) is 0 Å². The third-order valence-corrected chi connectivity index (χ3v) is 5.58. The lowest BCUT2D eigenvalue weighted by atomic mass is 9.96. The number of hydrogen-bond acceptors (Lipinski definition) is 4. The van der Waals surface area contributed by atoms with E-state index < -0.39 is 6.04 Å². The second kappa shape index (κ2) is 13.3. The number of carbonyl (C=O) groups excluding carboxylic acids is 2. The molecule has 2 rings (SSSR count). The Labute approximate surface area is 177 Å². The van der Waals surface area contributed by atoms with Crippen LogP contribution in [-0.2, 0) is 4.79 Å². The van der Waals surface area contributed by atoms with Crippen LogP contribution in [0, 0.1) is 5.92 Å². The first-order valence-electron chi connectivity index (χ1n) is 9.14. The quantitative estimate of drug-likeness (QED) is 0.559.